The van der Waals surface area contributed by atoms with Gasteiger partial charge in [0, 0.05) is 11.8 Å². The third kappa shape index (κ3) is 3.22. The van der Waals surface area contributed by atoms with Crippen molar-refractivity contribution in [2.45, 2.75) is 32.6 Å². The molecule has 0 fully saturated rings. The molecule has 0 aliphatic heterocycles. The molecule has 0 amide bonds. The molecular weight excluding hydrogens is 272 g/mol. The number of aromatic nitrogens is 2. The van der Waals surface area contributed by atoms with E-state index in [0.29, 0.717) is 11.3 Å². The van der Waals surface area contributed by atoms with E-state index < -0.39 is 0 Å². The van der Waals surface area contributed by atoms with Gasteiger partial charge in [-0.25, -0.2) is 0 Å². The number of methoxy groups -OCH3 is 1. The number of benzene rings is 1. The molecule has 0 unspecified atom stereocenters. The Morgan fingerprint density at radius 1 is 1.35 bits per heavy atom. The highest BCUT2D eigenvalue weighted by Crippen LogP contribution is 2.27. The first-order chi connectivity index (χ1) is 9.41. The highest BCUT2D eigenvalue weighted by Gasteiger charge is 2.26. The monoisotopic (exact) mass is 290 g/mol. The molecule has 106 valence electrons. The van der Waals surface area contributed by atoms with Gasteiger partial charge in [0.2, 0.25) is 0 Å². The fraction of sp³-hybridized carbons (Fsp3) is 0.400. The van der Waals surface area contributed by atoms with Crippen LogP contribution in [0.15, 0.2) is 24.3 Å². The first-order valence-corrected chi connectivity index (χ1v) is 7.18. The first-order valence-electron chi connectivity index (χ1n) is 6.41. The number of nitrogens with zero attached hydrogens (tertiary/aromatic N) is 2. The van der Waals surface area contributed by atoms with E-state index in [-0.39, 0.29) is 11.2 Å². The average Bonchev–Trinajstić information content (AvgIpc) is 2.88. The summed E-state index contributed by atoms with van der Waals surface area (Å²) in [7, 11) is 1.62. The molecule has 0 radical (unpaired) electrons. The summed E-state index contributed by atoms with van der Waals surface area (Å²) in [5.74, 6) is 0.812. The molecule has 0 atom stereocenters. The molecule has 1 aromatic carbocycles. The number of rotatable bonds is 4. The predicted molar refractivity (Wildman–Crippen MR) is 79.6 cm³/mol. The van der Waals surface area contributed by atoms with Crippen molar-refractivity contribution in [2.75, 3.05) is 7.11 Å². The van der Waals surface area contributed by atoms with E-state index in [4.69, 9.17) is 4.74 Å². The van der Waals surface area contributed by atoms with Crippen molar-refractivity contribution in [3.05, 3.63) is 40.4 Å². The molecule has 5 heteroatoms. The van der Waals surface area contributed by atoms with Crippen LogP contribution in [0.5, 0.6) is 5.75 Å². The second-order valence-corrected chi connectivity index (χ2v) is 6.41. The Morgan fingerprint density at radius 3 is 2.75 bits per heavy atom. The first kappa shape index (κ1) is 14.7. The second-order valence-electron chi connectivity index (χ2n) is 5.65. The maximum absolute atomic E-state index is 12.4. The highest BCUT2D eigenvalue weighted by atomic mass is 32.1. The smallest absolute Gasteiger partial charge is 0.180 e. The van der Waals surface area contributed by atoms with Crippen molar-refractivity contribution in [1.82, 2.24) is 9.59 Å². The van der Waals surface area contributed by atoms with Gasteiger partial charge in [-0.2, -0.15) is 0 Å². The largest absolute Gasteiger partial charge is 0.497 e. The summed E-state index contributed by atoms with van der Waals surface area (Å²) in [5.41, 5.74) is 1.53. The van der Waals surface area contributed by atoms with Crippen molar-refractivity contribution in [1.29, 1.82) is 0 Å². The fourth-order valence-corrected chi connectivity index (χ4v) is 2.72. The van der Waals surface area contributed by atoms with Gasteiger partial charge in [-0.3, -0.25) is 4.79 Å². The normalized spacial score (nSPS) is 11.4. The summed E-state index contributed by atoms with van der Waals surface area (Å²) >= 11 is 1.17. The molecule has 0 bridgehead atoms. The van der Waals surface area contributed by atoms with Crippen molar-refractivity contribution in [3.63, 3.8) is 0 Å². The number of hydrogen-bond donors (Lipinski definition) is 0. The number of ether oxygens (including phenoxy) is 1. The minimum Gasteiger partial charge on any atom is -0.497 e. The molecular formula is C15H18N2O2S. The van der Waals surface area contributed by atoms with E-state index in [0.717, 1.165) is 17.0 Å². The third-order valence-electron chi connectivity index (χ3n) is 2.95. The summed E-state index contributed by atoms with van der Waals surface area (Å²) in [6, 6.07) is 7.55. The van der Waals surface area contributed by atoms with Crippen LogP contribution >= 0.6 is 11.5 Å². The number of Topliss-reactive ketones (excluding diaryl/α,β-unsaturated/α-hetero) is 1. The standard InChI is InChI=1S/C15H18N2O2S/c1-15(2,3)14-13(20-17-16-14)12(18)9-10-6-5-7-11(8-10)19-4/h5-8H,9H2,1-4H3. The van der Waals surface area contributed by atoms with Crippen molar-refractivity contribution >= 4 is 17.3 Å². The van der Waals surface area contributed by atoms with Crippen molar-refractivity contribution in [3.8, 4) is 5.75 Å². The van der Waals surface area contributed by atoms with Gasteiger partial charge in [0.1, 0.15) is 10.6 Å². The van der Waals surface area contributed by atoms with E-state index in [1.54, 1.807) is 7.11 Å². The van der Waals surface area contributed by atoms with Gasteiger partial charge in [0.25, 0.3) is 0 Å². The molecule has 0 saturated carbocycles. The SMILES string of the molecule is COc1cccc(CC(=O)c2snnc2C(C)(C)C)c1. The summed E-state index contributed by atoms with van der Waals surface area (Å²) in [6.45, 7) is 6.10. The molecule has 0 aliphatic rings. The van der Waals surface area contributed by atoms with Crippen LogP contribution in [0.1, 0.15) is 41.7 Å². The van der Waals surface area contributed by atoms with Crippen LogP contribution < -0.4 is 4.74 Å². The Hall–Kier alpha value is -1.75. The van der Waals surface area contributed by atoms with E-state index >= 15 is 0 Å². The van der Waals surface area contributed by atoms with Gasteiger partial charge in [-0.1, -0.05) is 37.4 Å². The van der Waals surface area contributed by atoms with Crippen LogP contribution in [0.4, 0.5) is 0 Å². The third-order valence-corrected chi connectivity index (χ3v) is 3.72. The number of ketones is 1. The lowest BCUT2D eigenvalue weighted by Crippen LogP contribution is -2.17. The van der Waals surface area contributed by atoms with Crippen LogP contribution in [0, 0.1) is 0 Å². The molecule has 4 nitrogen and oxygen atoms in total. The number of carbonyl (C=O) groups excluding carboxylic acids is 1. The minimum atomic E-state index is -0.174. The van der Waals surface area contributed by atoms with E-state index in [2.05, 4.69) is 9.59 Å². The lowest BCUT2D eigenvalue weighted by atomic mass is 9.90. The summed E-state index contributed by atoms with van der Waals surface area (Å²) in [5, 5.41) is 4.11. The summed E-state index contributed by atoms with van der Waals surface area (Å²) in [6.07, 6.45) is 0.337. The lowest BCUT2D eigenvalue weighted by molar-refractivity contribution is 0.0994. The van der Waals surface area contributed by atoms with Crippen molar-refractivity contribution < 1.29 is 9.53 Å². The summed E-state index contributed by atoms with van der Waals surface area (Å²) in [4.78, 5) is 13.1. The minimum absolute atomic E-state index is 0.0539. The molecule has 0 N–H and O–H groups in total. The maximum Gasteiger partial charge on any atom is 0.180 e. The van der Waals surface area contributed by atoms with Crippen LogP contribution in [0.25, 0.3) is 0 Å². The van der Waals surface area contributed by atoms with Crippen LogP contribution in [0.2, 0.25) is 0 Å². The molecule has 0 spiro atoms. The Labute approximate surface area is 123 Å². The van der Waals surface area contributed by atoms with Gasteiger partial charge in [-0.15, -0.1) is 5.10 Å². The number of hydrogen-bond acceptors (Lipinski definition) is 5. The second kappa shape index (κ2) is 5.71. The van der Waals surface area contributed by atoms with Crippen LogP contribution in [-0.4, -0.2) is 22.5 Å². The van der Waals surface area contributed by atoms with Crippen LogP contribution in [-0.2, 0) is 11.8 Å². The molecule has 0 saturated heterocycles. The van der Waals surface area contributed by atoms with Gasteiger partial charge in [-0.05, 0) is 29.2 Å². The molecule has 2 aromatic rings. The lowest BCUT2D eigenvalue weighted by Gasteiger charge is -2.15. The molecule has 1 heterocycles. The van der Waals surface area contributed by atoms with E-state index in [1.807, 2.05) is 45.0 Å². The highest BCUT2D eigenvalue weighted by molar-refractivity contribution is 7.08. The Morgan fingerprint density at radius 2 is 2.10 bits per heavy atom. The zero-order chi connectivity index (χ0) is 14.8. The van der Waals surface area contributed by atoms with Crippen LogP contribution in [0.3, 0.4) is 0 Å². The van der Waals surface area contributed by atoms with E-state index in [9.17, 15) is 4.79 Å². The van der Waals surface area contributed by atoms with Gasteiger partial charge in [0.05, 0.1) is 12.8 Å². The summed E-state index contributed by atoms with van der Waals surface area (Å²) < 4.78 is 9.10. The topological polar surface area (TPSA) is 52.1 Å². The molecule has 20 heavy (non-hydrogen) atoms. The fourth-order valence-electron chi connectivity index (χ4n) is 1.91. The Bertz CT molecular complexity index is 614. The van der Waals surface area contributed by atoms with E-state index in [1.165, 1.54) is 11.5 Å². The zero-order valence-electron chi connectivity index (χ0n) is 12.1. The quantitative estimate of drug-likeness (QED) is 0.811. The van der Waals surface area contributed by atoms with Gasteiger partial charge in [0.15, 0.2) is 5.78 Å². The average molecular weight is 290 g/mol. The van der Waals surface area contributed by atoms with Crippen molar-refractivity contribution in [2.24, 2.45) is 0 Å². The zero-order valence-corrected chi connectivity index (χ0v) is 13.0. The molecule has 2 rings (SSSR count). The Balaban J connectivity index is 2.22. The molecule has 0 aliphatic carbocycles. The Kier molecular flexibility index (Phi) is 4.18. The molecule has 1 aromatic heterocycles. The maximum atomic E-state index is 12.4. The number of carbonyl (C=O) groups is 1. The predicted octanol–water partition coefficient (Wildman–Crippen LogP) is 3.27. The van der Waals surface area contributed by atoms with Gasteiger partial charge >= 0.3 is 0 Å². The van der Waals surface area contributed by atoms with Gasteiger partial charge < -0.3 is 4.74 Å².